The van der Waals surface area contributed by atoms with E-state index in [9.17, 15) is 4.79 Å². The summed E-state index contributed by atoms with van der Waals surface area (Å²) in [4.78, 5) is 13.9. The van der Waals surface area contributed by atoms with Crippen molar-refractivity contribution in [2.75, 3.05) is 24.7 Å². The molecule has 1 fully saturated rings. The predicted octanol–water partition coefficient (Wildman–Crippen LogP) is 3.59. The van der Waals surface area contributed by atoms with E-state index in [-0.39, 0.29) is 5.91 Å². The number of amides is 1. The molecule has 2 rings (SSSR count). The molecule has 0 spiro atoms. The number of nitrogens with zero attached hydrogens (tertiary/aromatic N) is 1. The van der Waals surface area contributed by atoms with Gasteiger partial charge in [0.15, 0.2) is 0 Å². The lowest BCUT2D eigenvalue weighted by Gasteiger charge is -2.13. The molecule has 0 radical (unpaired) electrons. The minimum Gasteiger partial charge on any atom is -0.378 e. The third-order valence-electron chi connectivity index (χ3n) is 3.88. The Kier molecular flexibility index (Phi) is 8.12. The molecule has 2 N–H and O–H groups in total. The zero-order chi connectivity index (χ0) is 16.5. The minimum atomic E-state index is 0.0864. The highest BCUT2D eigenvalue weighted by atomic mass is 33.1. The van der Waals surface area contributed by atoms with Crippen molar-refractivity contribution in [3.8, 4) is 0 Å². The summed E-state index contributed by atoms with van der Waals surface area (Å²) in [6.45, 7) is 0.648. The van der Waals surface area contributed by atoms with Gasteiger partial charge in [0.1, 0.15) is 0 Å². The van der Waals surface area contributed by atoms with Crippen LogP contribution in [0.5, 0.6) is 0 Å². The van der Waals surface area contributed by atoms with Crippen molar-refractivity contribution in [2.45, 2.75) is 43.9 Å². The van der Waals surface area contributed by atoms with Gasteiger partial charge in [-0.15, -0.1) is 0 Å². The zero-order valence-corrected chi connectivity index (χ0v) is 15.6. The number of hydrogen-bond acceptors (Lipinski definition) is 5. The van der Waals surface area contributed by atoms with Crippen molar-refractivity contribution in [3.63, 3.8) is 0 Å². The fourth-order valence-electron chi connectivity index (χ4n) is 2.44. The van der Waals surface area contributed by atoms with Gasteiger partial charge in [0.25, 0.3) is 0 Å². The Hall–Kier alpha value is -0.850. The van der Waals surface area contributed by atoms with Gasteiger partial charge in [-0.3, -0.25) is 10.2 Å². The van der Waals surface area contributed by atoms with Crippen LogP contribution in [0.25, 0.3) is 0 Å². The lowest BCUT2D eigenvalue weighted by atomic mass is 10.1. The third kappa shape index (κ3) is 7.06. The SMILES string of the molecule is CN(C)c1ccc(CNNC(=O)CCCCC2CCSS2)cc1. The molecule has 6 heteroatoms. The fourth-order valence-corrected chi connectivity index (χ4v) is 5.47. The molecule has 23 heavy (non-hydrogen) atoms. The molecule has 128 valence electrons. The van der Waals surface area contributed by atoms with Gasteiger partial charge in [-0.1, -0.05) is 40.1 Å². The second-order valence-corrected chi connectivity index (χ2v) is 8.82. The number of carbonyl (C=O) groups is 1. The first-order chi connectivity index (χ1) is 11.1. The molecule has 0 aromatic heterocycles. The number of hydrogen-bond donors (Lipinski definition) is 2. The number of rotatable bonds is 9. The quantitative estimate of drug-likeness (QED) is 0.403. The van der Waals surface area contributed by atoms with Crippen LogP contribution in [0.4, 0.5) is 5.69 Å². The first-order valence-corrected chi connectivity index (χ1v) is 10.6. The molecule has 4 nitrogen and oxygen atoms in total. The van der Waals surface area contributed by atoms with Gasteiger partial charge < -0.3 is 4.90 Å². The summed E-state index contributed by atoms with van der Waals surface area (Å²) >= 11 is 0. The van der Waals surface area contributed by atoms with Gasteiger partial charge in [0, 0.05) is 43.8 Å². The third-order valence-corrected chi connectivity index (χ3v) is 6.89. The fraction of sp³-hybridized carbons (Fsp3) is 0.588. The van der Waals surface area contributed by atoms with Gasteiger partial charge in [-0.2, -0.15) is 0 Å². The van der Waals surface area contributed by atoms with E-state index in [2.05, 4.69) is 40.0 Å². The minimum absolute atomic E-state index is 0.0864. The van der Waals surface area contributed by atoms with Crippen LogP contribution in [0.3, 0.4) is 0 Å². The Balaban J connectivity index is 1.53. The van der Waals surface area contributed by atoms with Crippen LogP contribution in [-0.4, -0.2) is 31.0 Å². The standard InChI is InChI=1S/C17H27N3OS2/c1-20(2)15-9-7-14(8-10-15)13-18-19-17(21)6-4-3-5-16-11-12-22-23-16/h7-10,16,18H,3-6,11-13H2,1-2H3,(H,19,21). The number of unbranched alkanes of at least 4 members (excludes halogenated alkanes) is 1. The van der Waals surface area contributed by atoms with Gasteiger partial charge in [0.05, 0.1) is 0 Å². The number of hydrazine groups is 1. The van der Waals surface area contributed by atoms with E-state index < -0.39 is 0 Å². The van der Waals surface area contributed by atoms with Crippen LogP contribution < -0.4 is 15.8 Å². The van der Waals surface area contributed by atoms with E-state index in [1.165, 1.54) is 24.3 Å². The van der Waals surface area contributed by atoms with Crippen molar-refractivity contribution < 1.29 is 4.79 Å². The van der Waals surface area contributed by atoms with E-state index in [0.29, 0.717) is 13.0 Å². The normalized spacial score (nSPS) is 17.2. The molecular weight excluding hydrogens is 326 g/mol. The molecule has 1 saturated heterocycles. The predicted molar refractivity (Wildman–Crippen MR) is 103 cm³/mol. The molecule has 1 aliphatic heterocycles. The van der Waals surface area contributed by atoms with Crippen molar-refractivity contribution in [2.24, 2.45) is 0 Å². The Labute approximate surface area is 147 Å². The Bertz CT molecular complexity index is 473. The molecular formula is C17H27N3OS2. The second kappa shape index (κ2) is 10.1. The Morgan fingerprint density at radius 2 is 2.04 bits per heavy atom. The molecule has 1 unspecified atom stereocenters. The average Bonchev–Trinajstić information content (AvgIpc) is 3.05. The summed E-state index contributed by atoms with van der Waals surface area (Å²) in [5, 5.41) is 0.811. The van der Waals surface area contributed by atoms with Gasteiger partial charge in [0.2, 0.25) is 5.91 Å². The van der Waals surface area contributed by atoms with Crippen LogP contribution in [0.1, 0.15) is 37.7 Å². The van der Waals surface area contributed by atoms with Crippen LogP contribution in [0.2, 0.25) is 0 Å². The molecule has 1 atom stereocenters. The van der Waals surface area contributed by atoms with Crippen LogP contribution in [0, 0.1) is 0 Å². The maximum Gasteiger partial charge on any atom is 0.234 e. The number of nitrogens with one attached hydrogen (secondary N) is 2. The van der Waals surface area contributed by atoms with Crippen molar-refractivity contribution >= 4 is 33.2 Å². The van der Waals surface area contributed by atoms with E-state index >= 15 is 0 Å². The first kappa shape index (κ1) is 18.5. The first-order valence-electron chi connectivity index (χ1n) is 8.21. The summed E-state index contributed by atoms with van der Waals surface area (Å²) in [5.74, 6) is 1.37. The maximum atomic E-state index is 11.8. The molecule has 1 heterocycles. The van der Waals surface area contributed by atoms with Crippen LogP contribution in [-0.2, 0) is 11.3 Å². The van der Waals surface area contributed by atoms with Crippen molar-refractivity contribution in [1.82, 2.24) is 10.9 Å². The van der Waals surface area contributed by atoms with Crippen molar-refractivity contribution in [1.29, 1.82) is 0 Å². The molecule has 1 aliphatic rings. The van der Waals surface area contributed by atoms with Crippen molar-refractivity contribution in [3.05, 3.63) is 29.8 Å². The number of carbonyl (C=O) groups excluding carboxylic acids is 1. The monoisotopic (exact) mass is 353 g/mol. The Morgan fingerprint density at radius 1 is 1.26 bits per heavy atom. The van der Waals surface area contributed by atoms with Gasteiger partial charge in [-0.25, -0.2) is 5.43 Å². The van der Waals surface area contributed by atoms with Gasteiger partial charge in [-0.05, 0) is 37.0 Å². The van der Waals surface area contributed by atoms with Crippen LogP contribution in [0.15, 0.2) is 24.3 Å². The van der Waals surface area contributed by atoms with Gasteiger partial charge >= 0.3 is 0 Å². The summed E-state index contributed by atoms with van der Waals surface area (Å²) < 4.78 is 0. The smallest absolute Gasteiger partial charge is 0.234 e. The van der Waals surface area contributed by atoms with E-state index in [0.717, 1.165) is 23.7 Å². The molecule has 0 saturated carbocycles. The molecule has 1 aromatic carbocycles. The lowest BCUT2D eigenvalue weighted by molar-refractivity contribution is -0.122. The molecule has 1 aromatic rings. The highest BCUT2D eigenvalue weighted by molar-refractivity contribution is 8.77. The second-order valence-electron chi connectivity index (χ2n) is 6.04. The van der Waals surface area contributed by atoms with E-state index in [4.69, 9.17) is 0 Å². The molecule has 0 aliphatic carbocycles. The van der Waals surface area contributed by atoms with E-state index in [1.807, 2.05) is 35.7 Å². The summed E-state index contributed by atoms with van der Waals surface area (Å²) in [6.07, 6.45) is 5.31. The van der Waals surface area contributed by atoms with Crippen LogP contribution >= 0.6 is 21.6 Å². The number of anilines is 1. The lowest BCUT2D eigenvalue weighted by Crippen LogP contribution is -2.36. The largest absolute Gasteiger partial charge is 0.378 e. The summed E-state index contributed by atoms with van der Waals surface area (Å²) in [7, 11) is 8.05. The summed E-state index contributed by atoms with van der Waals surface area (Å²) in [5.41, 5.74) is 8.14. The topological polar surface area (TPSA) is 44.4 Å². The summed E-state index contributed by atoms with van der Waals surface area (Å²) in [6, 6.07) is 8.31. The van der Waals surface area contributed by atoms with E-state index in [1.54, 1.807) is 0 Å². The molecule has 0 bridgehead atoms. The highest BCUT2D eigenvalue weighted by Crippen LogP contribution is 2.39. The number of benzene rings is 1. The highest BCUT2D eigenvalue weighted by Gasteiger charge is 2.15. The maximum absolute atomic E-state index is 11.8. The Morgan fingerprint density at radius 3 is 2.70 bits per heavy atom. The zero-order valence-electron chi connectivity index (χ0n) is 14.0. The molecule has 1 amide bonds. The average molecular weight is 354 g/mol.